The van der Waals surface area contributed by atoms with Gasteiger partial charge < -0.3 is 15.4 Å². The number of fused-ring (bicyclic) bond motifs is 2. The first-order valence-electron chi connectivity index (χ1n) is 12.3. The number of ether oxygens (including phenoxy) is 1. The highest BCUT2D eigenvalue weighted by Crippen LogP contribution is 2.35. The van der Waals surface area contributed by atoms with Crippen molar-refractivity contribution in [2.75, 3.05) is 5.32 Å². The van der Waals surface area contributed by atoms with Crippen molar-refractivity contribution in [1.82, 2.24) is 20.1 Å². The van der Waals surface area contributed by atoms with Crippen molar-refractivity contribution < 1.29 is 23.1 Å². The number of nitrogens with zero attached hydrogens (tertiary/aromatic N) is 4. The van der Waals surface area contributed by atoms with Crippen LogP contribution in [0.15, 0.2) is 72.0 Å². The van der Waals surface area contributed by atoms with E-state index in [0.29, 0.717) is 29.8 Å². The quantitative estimate of drug-likeness (QED) is 0.417. The standard InChI is InChI=1S/C28H22F2N6O3/c1-15-11-13-36-28(39-15)21(24(35-36)17-10-12-31-14-20(17)30)26(37)34-25-27(38)33-23-18(8-5-9-19(23)29)22(32-25)16-6-3-2-4-7-16/h2-10,12,14-15,25H,11,13H2,1H3,(H,33,38)(H,34,37)/t15-,25-/m1/s1. The van der Waals surface area contributed by atoms with Gasteiger partial charge in [-0.05, 0) is 19.1 Å². The normalized spacial score (nSPS) is 18.1. The molecule has 2 aromatic carbocycles. The average molecular weight is 529 g/mol. The Kier molecular flexibility index (Phi) is 6.10. The van der Waals surface area contributed by atoms with Crippen LogP contribution in [0.25, 0.3) is 11.3 Å². The van der Waals surface area contributed by atoms with Crippen LogP contribution in [0.2, 0.25) is 0 Å². The van der Waals surface area contributed by atoms with Gasteiger partial charge in [-0.15, -0.1) is 0 Å². The lowest BCUT2D eigenvalue weighted by Crippen LogP contribution is -2.42. The number of carbonyl (C=O) groups is 2. The molecule has 196 valence electrons. The Morgan fingerprint density at radius 1 is 1.08 bits per heavy atom. The number of hydrogen-bond acceptors (Lipinski definition) is 6. The second-order valence-corrected chi connectivity index (χ2v) is 9.20. The summed E-state index contributed by atoms with van der Waals surface area (Å²) in [6, 6.07) is 14.7. The number of pyridine rings is 1. The molecule has 6 rings (SSSR count). The maximum Gasteiger partial charge on any atom is 0.269 e. The van der Waals surface area contributed by atoms with Crippen LogP contribution < -0.4 is 15.4 Å². The topological polar surface area (TPSA) is 111 Å². The van der Waals surface area contributed by atoms with Crippen molar-refractivity contribution in [1.29, 1.82) is 0 Å². The van der Waals surface area contributed by atoms with E-state index in [1.165, 1.54) is 29.1 Å². The molecule has 2 aliphatic rings. The maximum absolute atomic E-state index is 14.8. The highest BCUT2D eigenvalue weighted by molar-refractivity contribution is 6.20. The van der Waals surface area contributed by atoms with Gasteiger partial charge in [0.05, 0.1) is 23.7 Å². The van der Waals surface area contributed by atoms with Gasteiger partial charge in [-0.25, -0.2) is 18.5 Å². The minimum Gasteiger partial charge on any atom is -0.474 e. The second kappa shape index (κ2) is 9.75. The number of nitrogens with one attached hydrogen (secondary N) is 2. The Labute approximate surface area is 221 Å². The van der Waals surface area contributed by atoms with E-state index in [4.69, 9.17) is 4.74 Å². The number of aryl methyl sites for hydroxylation is 1. The highest BCUT2D eigenvalue weighted by Gasteiger charge is 2.34. The van der Waals surface area contributed by atoms with Gasteiger partial charge >= 0.3 is 0 Å². The minimum absolute atomic E-state index is 0.0381. The Hall–Kier alpha value is -4.93. The van der Waals surface area contributed by atoms with Crippen molar-refractivity contribution in [2.45, 2.75) is 32.2 Å². The van der Waals surface area contributed by atoms with Gasteiger partial charge in [-0.2, -0.15) is 5.10 Å². The number of benzodiazepines with no additional fused rings is 1. The zero-order valence-corrected chi connectivity index (χ0v) is 20.7. The Morgan fingerprint density at radius 3 is 2.69 bits per heavy atom. The van der Waals surface area contributed by atoms with Crippen LogP contribution in [0.1, 0.15) is 34.8 Å². The predicted octanol–water partition coefficient (Wildman–Crippen LogP) is 3.94. The van der Waals surface area contributed by atoms with E-state index in [0.717, 1.165) is 6.20 Å². The van der Waals surface area contributed by atoms with E-state index >= 15 is 0 Å². The highest BCUT2D eigenvalue weighted by atomic mass is 19.1. The summed E-state index contributed by atoms with van der Waals surface area (Å²) in [5.41, 5.74) is 1.33. The predicted molar refractivity (Wildman–Crippen MR) is 138 cm³/mol. The van der Waals surface area contributed by atoms with Gasteiger partial charge in [0.2, 0.25) is 12.0 Å². The molecule has 2 N–H and O–H groups in total. The molecule has 0 saturated carbocycles. The summed E-state index contributed by atoms with van der Waals surface area (Å²) in [6.45, 7) is 2.31. The Morgan fingerprint density at radius 2 is 1.90 bits per heavy atom. The number of para-hydroxylation sites is 1. The van der Waals surface area contributed by atoms with Gasteiger partial charge in [0.25, 0.3) is 11.8 Å². The first kappa shape index (κ1) is 24.4. The fourth-order valence-electron chi connectivity index (χ4n) is 4.65. The molecule has 39 heavy (non-hydrogen) atoms. The number of anilines is 1. The average Bonchev–Trinajstić information content (AvgIpc) is 3.24. The van der Waals surface area contributed by atoms with E-state index in [2.05, 4.69) is 25.7 Å². The molecule has 2 aliphatic heterocycles. The van der Waals surface area contributed by atoms with Crippen molar-refractivity contribution in [2.24, 2.45) is 4.99 Å². The van der Waals surface area contributed by atoms with E-state index in [1.54, 1.807) is 30.3 Å². The summed E-state index contributed by atoms with van der Waals surface area (Å²) >= 11 is 0. The van der Waals surface area contributed by atoms with Crippen LogP contribution in [-0.4, -0.2) is 44.6 Å². The summed E-state index contributed by atoms with van der Waals surface area (Å²) in [7, 11) is 0. The number of benzene rings is 2. The minimum atomic E-state index is -1.44. The summed E-state index contributed by atoms with van der Waals surface area (Å²) in [4.78, 5) is 35.4. The Balaban J connectivity index is 1.44. The van der Waals surface area contributed by atoms with E-state index in [1.807, 2.05) is 13.0 Å². The molecule has 0 saturated heterocycles. The summed E-state index contributed by atoms with van der Waals surface area (Å²) < 4.78 is 37.0. The van der Waals surface area contributed by atoms with Crippen molar-refractivity contribution in [3.05, 3.63) is 95.3 Å². The van der Waals surface area contributed by atoms with Gasteiger partial charge in [-0.3, -0.25) is 14.6 Å². The number of amides is 2. The first-order valence-corrected chi connectivity index (χ1v) is 12.3. The summed E-state index contributed by atoms with van der Waals surface area (Å²) in [6.07, 6.45) is 1.42. The molecule has 0 fully saturated rings. The lowest BCUT2D eigenvalue weighted by atomic mass is 10.0. The van der Waals surface area contributed by atoms with E-state index < -0.39 is 29.6 Å². The van der Waals surface area contributed by atoms with Crippen LogP contribution in [0, 0.1) is 11.6 Å². The van der Waals surface area contributed by atoms with Crippen molar-refractivity contribution in [3.63, 3.8) is 0 Å². The van der Waals surface area contributed by atoms with Crippen LogP contribution in [0.5, 0.6) is 5.88 Å². The SMILES string of the molecule is C[C@@H]1CCn2nc(-c3ccncc3F)c(C(=O)N[C@H]3N=C(c4ccccc4)c4cccc(F)c4NC3=O)c2O1. The zero-order valence-electron chi connectivity index (χ0n) is 20.7. The van der Waals surface area contributed by atoms with Gasteiger partial charge in [0, 0.05) is 35.9 Å². The third-order valence-corrected chi connectivity index (χ3v) is 6.56. The third-order valence-electron chi connectivity index (χ3n) is 6.56. The van der Waals surface area contributed by atoms with Crippen molar-refractivity contribution in [3.8, 4) is 17.1 Å². The van der Waals surface area contributed by atoms with Gasteiger partial charge in [-0.1, -0.05) is 42.5 Å². The van der Waals surface area contributed by atoms with Crippen LogP contribution in [0.3, 0.4) is 0 Å². The fraction of sp³-hybridized carbons (Fsp3) is 0.179. The number of rotatable bonds is 4. The second-order valence-electron chi connectivity index (χ2n) is 9.20. The lowest BCUT2D eigenvalue weighted by Gasteiger charge is -2.22. The number of aliphatic imine (C=N–C) groups is 1. The molecule has 4 heterocycles. The first-order chi connectivity index (χ1) is 18.9. The van der Waals surface area contributed by atoms with E-state index in [9.17, 15) is 18.4 Å². The number of halogens is 2. The molecule has 2 amide bonds. The van der Waals surface area contributed by atoms with Crippen LogP contribution >= 0.6 is 0 Å². The maximum atomic E-state index is 14.8. The summed E-state index contributed by atoms with van der Waals surface area (Å²) in [5, 5.41) is 9.63. The third kappa shape index (κ3) is 4.41. The fourth-order valence-corrected chi connectivity index (χ4v) is 4.65. The lowest BCUT2D eigenvalue weighted by molar-refractivity contribution is -0.117. The van der Waals surface area contributed by atoms with Gasteiger partial charge in [0.15, 0.2) is 5.82 Å². The number of aromatic nitrogens is 3. The molecule has 9 nitrogen and oxygen atoms in total. The molecule has 0 aliphatic carbocycles. The largest absolute Gasteiger partial charge is 0.474 e. The number of hydrogen-bond donors (Lipinski definition) is 2. The molecule has 4 aromatic rings. The van der Waals surface area contributed by atoms with Crippen LogP contribution in [0.4, 0.5) is 14.5 Å². The molecule has 0 bridgehead atoms. The molecule has 2 atom stereocenters. The molecular weight excluding hydrogens is 506 g/mol. The van der Waals surface area contributed by atoms with Crippen molar-refractivity contribution >= 4 is 23.2 Å². The molecule has 0 radical (unpaired) electrons. The molecule has 11 heteroatoms. The zero-order chi connectivity index (χ0) is 27.1. The Bertz CT molecular complexity index is 1640. The molecule has 0 unspecified atom stereocenters. The smallest absolute Gasteiger partial charge is 0.269 e. The molecule has 0 spiro atoms. The molecule has 2 aromatic heterocycles. The van der Waals surface area contributed by atoms with Crippen LogP contribution in [-0.2, 0) is 11.3 Å². The number of carbonyl (C=O) groups excluding carboxylic acids is 2. The monoisotopic (exact) mass is 528 g/mol. The van der Waals surface area contributed by atoms with E-state index in [-0.39, 0.29) is 34.5 Å². The molecular formula is C28H22F2N6O3. The summed E-state index contributed by atoms with van der Waals surface area (Å²) in [5.74, 6) is -2.64. The van der Waals surface area contributed by atoms with Gasteiger partial charge in [0.1, 0.15) is 17.1 Å².